The third kappa shape index (κ3) is 4.66. The van der Waals surface area contributed by atoms with Crippen molar-refractivity contribution in [1.29, 1.82) is 0 Å². The first-order chi connectivity index (χ1) is 13.1. The van der Waals surface area contributed by atoms with Gasteiger partial charge in [-0.1, -0.05) is 0 Å². The number of amides is 1. The van der Waals surface area contributed by atoms with Crippen LogP contribution >= 0.6 is 11.3 Å². The average Bonchev–Trinajstić information content (AvgIpc) is 3.11. The van der Waals surface area contributed by atoms with Gasteiger partial charge >= 0.3 is 11.9 Å². The molecule has 0 bridgehead atoms. The molecule has 28 heavy (non-hydrogen) atoms. The lowest BCUT2D eigenvalue weighted by Crippen LogP contribution is -2.22. The van der Waals surface area contributed by atoms with E-state index in [4.69, 9.17) is 13.9 Å². The number of hydrogen-bond donors (Lipinski definition) is 1. The van der Waals surface area contributed by atoms with Crippen molar-refractivity contribution in [2.24, 2.45) is 0 Å². The number of carbonyl (C=O) groups excluding carboxylic acids is 4. The van der Waals surface area contributed by atoms with E-state index in [1.54, 1.807) is 27.7 Å². The fraction of sp³-hybridized carbons (Fsp3) is 0.368. The molecule has 0 unspecified atom stereocenters. The summed E-state index contributed by atoms with van der Waals surface area (Å²) in [5.41, 5.74) is 0.800. The third-order valence-corrected chi connectivity index (χ3v) is 5.10. The van der Waals surface area contributed by atoms with Crippen molar-refractivity contribution in [2.75, 3.05) is 18.5 Å². The van der Waals surface area contributed by atoms with Gasteiger partial charge in [0, 0.05) is 0 Å². The molecule has 0 aliphatic heterocycles. The van der Waals surface area contributed by atoms with Gasteiger partial charge in [-0.25, -0.2) is 9.59 Å². The molecule has 0 atom stereocenters. The van der Waals surface area contributed by atoms with Crippen LogP contribution in [0.15, 0.2) is 10.5 Å². The van der Waals surface area contributed by atoms with E-state index in [0.717, 1.165) is 11.3 Å². The van der Waals surface area contributed by atoms with Crippen LogP contribution in [0.25, 0.3) is 0 Å². The first-order valence-corrected chi connectivity index (χ1v) is 9.32. The van der Waals surface area contributed by atoms with E-state index in [9.17, 15) is 19.2 Å². The summed E-state index contributed by atoms with van der Waals surface area (Å²) >= 11 is 0.975. The van der Waals surface area contributed by atoms with Gasteiger partial charge in [0.1, 0.15) is 22.1 Å². The highest BCUT2D eigenvalue weighted by Crippen LogP contribution is 2.34. The first kappa shape index (κ1) is 21.4. The van der Waals surface area contributed by atoms with Crippen molar-refractivity contribution in [1.82, 2.24) is 0 Å². The maximum atomic E-state index is 12.2. The quantitative estimate of drug-likeness (QED) is 0.553. The number of esters is 2. The summed E-state index contributed by atoms with van der Waals surface area (Å²) in [5.74, 6) is -1.26. The number of anilines is 1. The molecule has 0 saturated carbocycles. The van der Waals surface area contributed by atoms with E-state index >= 15 is 0 Å². The van der Waals surface area contributed by atoms with E-state index in [0.29, 0.717) is 22.0 Å². The van der Waals surface area contributed by atoms with Crippen LogP contribution in [-0.4, -0.2) is 36.8 Å². The molecule has 1 amide bonds. The van der Waals surface area contributed by atoms with Crippen LogP contribution in [0.4, 0.5) is 5.00 Å². The third-order valence-electron chi connectivity index (χ3n) is 3.79. The molecule has 0 fully saturated rings. The Hall–Kier alpha value is -2.94. The number of Topliss-reactive ketones (excluding diaryl/α,β-unsaturated/α-hetero) is 1. The molecule has 0 aliphatic rings. The summed E-state index contributed by atoms with van der Waals surface area (Å²) in [6.07, 6.45) is 0. The Bertz CT molecular complexity index is 938. The minimum Gasteiger partial charge on any atom is -0.466 e. The summed E-state index contributed by atoms with van der Waals surface area (Å²) in [5, 5.41) is 2.70. The van der Waals surface area contributed by atoms with Gasteiger partial charge < -0.3 is 19.2 Å². The standard InChI is InChI=1S/C19H21NO7S/c1-6-25-19(24)15-10(3)16(11(4)21)28-17(15)20-14(22)8-26-18(23)13-7-9(2)27-12(13)5/h7H,6,8H2,1-5H3,(H,20,22). The largest absolute Gasteiger partial charge is 0.466 e. The summed E-state index contributed by atoms with van der Waals surface area (Å²) in [6, 6.07) is 1.52. The summed E-state index contributed by atoms with van der Waals surface area (Å²) in [7, 11) is 0. The molecular formula is C19H21NO7S. The Labute approximate surface area is 165 Å². The molecule has 0 aromatic carbocycles. The highest BCUT2D eigenvalue weighted by Gasteiger charge is 2.25. The number of thiophene rings is 1. The van der Waals surface area contributed by atoms with Crippen molar-refractivity contribution in [3.05, 3.63) is 39.2 Å². The lowest BCUT2D eigenvalue weighted by molar-refractivity contribution is -0.119. The number of aryl methyl sites for hydroxylation is 2. The lowest BCUT2D eigenvalue weighted by atomic mass is 10.1. The minimum absolute atomic E-state index is 0.123. The van der Waals surface area contributed by atoms with Crippen molar-refractivity contribution < 1.29 is 33.1 Å². The number of carbonyl (C=O) groups is 4. The van der Waals surface area contributed by atoms with Crippen LogP contribution in [-0.2, 0) is 14.3 Å². The van der Waals surface area contributed by atoms with Crippen LogP contribution in [0, 0.1) is 20.8 Å². The highest BCUT2D eigenvalue weighted by atomic mass is 32.1. The Balaban J connectivity index is 2.13. The molecule has 1 N–H and O–H groups in total. The van der Waals surface area contributed by atoms with Crippen molar-refractivity contribution in [3.63, 3.8) is 0 Å². The van der Waals surface area contributed by atoms with Gasteiger partial charge in [-0.2, -0.15) is 0 Å². The Kier molecular flexibility index (Phi) is 6.74. The van der Waals surface area contributed by atoms with Crippen LogP contribution in [0.3, 0.4) is 0 Å². The van der Waals surface area contributed by atoms with Crippen molar-refractivity contribution in [2.45, 2.75) is 34.6 Å². The van der Waals surface area contributed by atoms with E-state index < -0.39 is 24.5 Å². The first-order valence-electron chi connectivity index (χ1n) is 8.51. The highest BCUT2D eigenvalue weighted by molar-refractivity contribution is 7.18. The van der Waals surface area contributed by atoms with Crippen LogP contribution in [0.2, 0.25) is 0 Å². The molecule has 2 aromatic heterocycles. The molecule has 150 valence electrons. The van der Waals surface area contributed by atoms with E-state index in [-0.39, 0.29) is 28.5 Å². The summed E-state index contributed by atoms with van der Waals surface area (Å²) < 4.78 is 15.3. The average molecular weight is 407 g/mol. The number of rotatable bonds is 7. The second-order valence-electron chi connectivity index (χ2n) is 5.99. The lowest BCUT2D eigenvalue weighted by Gasteiger charge is -2.07. The van der Waals surface area contributed by atoms with Gasteiger partial charge in [-0.3, -0.25) is 9.59 Å². The topological polar surface area (TPSA) is 112 Å². The Morgan fingerprint density at radius 2 is 1.79 bits per heavy atom. The molecule has 0 spiro atoms. The van der Waals surface area contributed by atoms with Crippen molar-refractivity contribution in [3.8, 4) is 0 Å². The molecule has 8 nitrogen and oxygen atoms in total. The number of hydrogen-bond acceptors (Lipinski definition) is 8. The smallest absolute Gasteiger partial charge is 0.342 e. The van der Waals surface area contributed by atoms with Crippen LogP contribution in [0.1, 0.15) is 61.3 Å². The molecule has 9 heteroatoms. The molecule has 2 heterocycles. The van der Waals surface area contributed by atoms with Crippen LogP contribution < -0.4 is 5.32 Å². The molecule has 2 aromatic rings. The summed E-state index contributed by atoms with van der Waals surface area (Å²) in [4.78, 5) is 48.6. The molecular weight excluding hydrogens is 386 g/mol. The van der Waals surface area contributed by atoms with E-state index in [2.05, 4.69) is 5.32 Å². The van der Waals surface area contributed by atoms with Gasteiger partial charge in [0.15, 0.2) is 12.4 Å². The predicted octanol–water partition coefficient (Wildman–Crippen LogP) is 3.44. The van der Waals surface area contributed by atoms with Gasteiger partial charge in [0.05, 0.1) is 17.0 Å². The Morgan fingerprint density at radius 3 is 2.32 bits per heavy atom. The zero-order chi connectivity index (χ0) is 21.0. The van der Waals surface area contributed by atoms with Crippen molar-refractivity contribution >= 4 is 40.0 Å². The van der Waals surface area contributed by atoms with E-state index in [1.807, 2.05) is 0 Å². The normalized spacial score (nSPS) is 10.5. The molecule has 2 rings (SSSR count). The number of ether oxygens (including phenoxy) is 2. The molecule has 0 radical (unpaired) electrons. The second-order valence-corrected chi connectivity index (χ2v) is 7.01. The predicted molar refractivity (Wildman–Crippen MR) is 102 cm³/mol. The summed E-state index contributed by atoms with van der Waals surface area (Å²) in [6.45, 7) is 7.54. The second kappa shape index (κ2) is 8.83. The van der Waals surface area contributed by atoms with Gasteiger partial charge in [0.25, 0.3) is 5.91 Å². The molecule has 0 aliphatic carbocycles. The zero-order valence-electron chi connectivity index (χ0n) is 16.3. The Morgan fingerprint density at radius 1 is 1.11 bits per heavy atom. The minimum atomic E-state index is -0.693. The van der Waals surface area contributed by atoms with E-state index in [1.165, 1.54) is 13.0 Å². The zero-order valence-corrected chi connectivity index (χ0v) is 17.1. The number of furan rings is 1. The van der Waals surface area contributed by atoms with Gasteiger partial charge in [-0.15, -0.1) is 11.3 Å². The SMILES string of the molecule is CCOC(=O)c1c(NC(=O)COC(=O)c2cc(C)oc2C)sc(C(C)=O)c1C. The van der Waals surface area contributed by atoms with Gasteiger partial charge in [-0.05, 0) is 46.2 Å². The maximum Gasteiger partial charge on any atom is 0.342 e. The maximum absolute atomic E-state index is 12.2. The fourth-order valence-electron chi connectivity index (χ4n) is 2.59. The van der Waals surface area contributed by atoms with Gasteiger partial charge in [0.2, 0.25) is 0 Å². The molecule has 0 saturated heterocycles. The van der Waals surface area contributed by atoms with Crippen LogP contribution in [0.5, 0.6) is 0 Å². The number of nitrogens with one attached hydrogen (secondary N) is 1. The number of ketones is 1. The monoisotopic (exact) mass is 407 g/mol. The fourth-order valence-corrected chi connectivity index (χ4v) is 3.70.